The van der Waals surface area contributed by atoms with Gasteiger partial charge in [-0.25, -0.2) is 4.98 Å². The highest BCUT2D eigenvalue weighted by Gasteiger charge is 2.32. The summed E-state index contributed by atoms with van der Waals surface area (Å²) in [6, 6.07) is -0.271. The summed E-state index contributed by atoms with van der Waals surface area (Å²) in [6.07, 6.45) is 2.23. The van der Waals surface area contributed by atoms with Crippen LogP contribution in [-0.2, 0) is 22.6 Å². The summed E-state index contributed by atoms with van der Waals surface area (Å²) in [5.41, 5.74) is 1.98. The van der Waals surface area contributed by atoms with Crippen LogP contribution in [-0.4, -0.2) is 64.3 Å². The van der Waals surface area contributed by atoms with Crippen molar-refractivity contribution in [2.45, 2.75) is 19.0 Å². The average molecular weight is 263 g/mol. The monoisotopic (exact) mass is 263 g/mol. The molecule has 0 spiro atoms. The van der Waals surface area contributed by atoms with Gasteiger partial charge in [-0.3, -0.25) is 14.9 Å². The molecule has 7 nitrogen and oxygen atoms in total. The van der Waals surface area contributed by atoms with Crippen molar-refractivity contribution in [1.29, 1.82) is 0 Å². The van der Waals surface area contributed by atoms with Crippen LogP contribution in [0.4, 0.5) is 0 Å². The Bertz CT molecular complexity index is 512. The van der Waals surface area contributed by atoms with Crippen LogP contribution in [0.1, 0.15) is 11.4 Å². The standard InChI is InChI=1S/C12H17N5O2/c1-16-2-3-17(6-11(16)18)12(19)9-4-8-10(5-13-9)15-7-14-8/h7,9,13H,2-6H2,1H3,(H,14,15). The molecule has 0 bridgehead atoms. The van der Waals surface area contributed by atoms with E-state index in [9.17, 15) is 9.59 Å². The molecule has 1 aromatic rings. The summed E-state index contributed by atoms with van der Waals surface area (Å²) in [4.78, 5) is 34.6. The van der Waals surface area contributed by atoms with Crippen LogP contribution in [0.5, 0.6) is 0 Å². The zero-order chi connectivity index (χ0) is 13.4. The summed E-state index contributed by atoms with van der Waals surface area (Å²) in [7, 11) is 1.76. The lowest BCUT2D eigenvalue weighted by Crippen LogP contribution is -2.56. The number of aromatic nitrogens is 2. The molecular weight excluding hydrogens is 246 g/mol. The van der Waals surface area contributed by atoms with Crippen molar-refractivity contribution >= 4 is 11.8 Å². The van der Waals surface area contributed by atoms with Crippen molar-refractivity contribution in [3.8, 4) is 0 Å². The van der Waals surface area contributed by atoms with Crippen molar-refractivity contribution in [2.75, 3.05) is 26.7 Å². The molecule has 1 atom stereocenters. The zero-order valence-corrected chi connectivity index (χ0v) is 10.8. The molecule has 0 saturated carbocycles. The predicted octanol–water partition coefficient (Wildman–Crippen LogP) is -1.28. The first-order valence-corrected chi connectivity index (χ1v) is 6.42. The Hall–Kier alpha value is -1.89. The van der Waals surface area contributed by atoms with E-state index in [1.54, 1.807) is 23.2 Å². The number of fused-ring (bicyclic) bond motifs is 1. The van der Waals surface area contributed by atoms with Gasteiger partial charge >= 0.3 is 0 Å². The highest BCUT2D eigenvalue weighted by atomic mass is 16.2. The molecule has 0 radical (unpaired) electrons. The van der Waals surface area contributed by atoms with E-state index in [1.807, 2.05) is 0 Å². The molecule has 2 N–H and O–H groups in total. The fraction of sp³-hybridized carbons (Fsp3) is 0.583. The minimum absolute atomic E-state index is 0.00383. The molecule has 1 aromatic heterocycles. The molecule has 1 unspecified atom stereocenters. The maximum Gasteiger partial charge on any atom is 0.241 e. The van der Waals surface area contributed by atoms with E-state index in [0.29, 0.717) is 26.1 Å². The van der Waals surface area contributed by atoms with Gasteiger partial charge in [0.15, 0.2) is 0 Å². The minimum Gasteiger partial charge on any atom is -0.347 e. The number of rotatable bonds is 1. The second-order valence-corrected chi connectivity index (χ2v) is 5.04. The number of amides is 2. The van der Waals surface area contributed by atoms with Crippen LogP contribution >= 0.6 is 0 Å². The Morgan fingerprint density at radius 2 is 2.32 bits per heavy atom. The van der Waals surface area contributed by atoms with Gasteiger partial charge in [0.25, 0.3) is 0 Å². The van der Waals surface area contributed by atoms with Gasteiger partial charge in [0.2, 0.25) is 11.8 Å². The van der Waals surface area contributed by atoms with E-state index < -0.39 is 0 Å². The van der Waals surface area contributed by atoms with Gasteiger partial charge in [0, 0.05) is 33.1 Å². The Morgan fingerprint density at radius 1 is 1.47 bits per heavy atom. The number of hydrogen-bond donors (Lipinski definition) is 2. The number of nitrogens with one attached hydrogen (secondary N) is 2. The normalized spacial score (nSPS) is 23.4. The average Bonchev–Trinajstić information content (AvgIpc) is 2.88. The van der Waals surface area contributed by atoms with Crippen LogP contribution in [0.2, 0.25) is 0 Å². The van der Waals surface area contributed by atoms with E-state index in [1.165, 1.54) is 0 Å². The van der Waals surface area contributed by atoms with E-state index in [0.717, 1.165) is 11.4 Å². The molecule has 1 saturated heterocycles. The number of H-pyrrole nitrogens is 1. The molecule has 3 rings (SSSR count). The third-order valence-corrected chi connectivity index (χ3v) is 3.80. The number of hydrogen-bond acceptors (Lipinski definition) is 4. The van der Waals surface area contributed by atoms with Gasteiger partial charge in [-0.15, -0.1) is 0 Å². The summed E-state index contributed by atoms with van der Waals surface area (Å²) >= 11 is 0. The summed E-state index contributed by atoms with van der Waals surface area (Å²) in [5, 5.41) is 3.20. The SMILES string of the molecule is CN1CCN(C(=O)C2Cc3nc[nH]c3CN2)CC1=O. The summed E-state index contributed by atoms with van der Waals surface area (Å²) in [6.45, 7) is 2.01. The van der Waals surface area contributed by atoms with Crippen LogP contribution in [0.3, 0.4) is 0 Å². The van der Waals surface area contributed by atoms with E-state index in [4.69, 9.17) is 0 Å². The lowest BCUT2D eigenvalue weighted by atomic mass is 10.0. The number of carbonyl (C=O) groups excluding carboxylic acids is 2. The second kappa shape index (κ2) is 4.65. The van der Waals surface area contributed by atoms with E-state index in [2.05, 4.69) is 15.3 Å². The van der Waals surface area contributed by atoms with Crippen molar-refractivity contribution in [1.82, 2.24) is 25.1 Å². The van der Waals surface area contributed by atoms with Gasteiger partial charge in [0.05, 0.1) is 30.3 Å². The summed E-state index contributed by atoms with van der Waals surface area (Å²) in [5.74, 6) is -0.00836. The maximum absolute atomic E-state index is 12.4. The molecule has 0 aliphatic carbocycles. The Kier molecular flexibility index (Phi) is 2.98. The lowest BCUT2D eigenvalue weighted by molar-refractivity contribution is -0.145. The third kappa shape index (κ3) is 2.21. The number of piperazine rings is 1. The third-order valence-electron chi connectivity index (χ3n) is 3.80. The number of aromatic amines is 1. The van der Waals surface area contributed by atoms with Crippen LogP contribution < -0.4 is 5.32 Å². The maximum atomic E-state index is 12.4. The Balaban J connectivity index is 1.67. The Labute approximate surface area is 111 Å². The van der Waals surface area contributed by atoms with Crippen molar-refractivity contribution in [3.05, 3.63) is 17.7 Å². The smallest absolute Gasteiger partial charge is 0.241 e. The van der Waals surface area contributed by atoms with Crippen LogP contribution in [0, 0.1) is 0 Å². The molecule has 0 aromatic carbocycles. The largest absolute Gasteiger partial charge is 0.347 e. The summed E-state index contributed by atoms with van der Waals surface area (Å²) < 4.78 is 0. The number of nitrogens with zero attached hydrogens (tertiary/aromatic N) is 3. The second-order valence-electron chi connectivity index (χ2n) is 5.04. The minimum atomic E-state index is -0.271. The van der Waals surface area contributed by atoms with E-state index >= 15 is 0 Å². The van der Waals surface area contributed by atoms with Gasteiger partial charge in [-0.1, -0.05) is 0 Å². The highest BCUT2D eigenvalue weighted by Crippen LogP contribution is 2.14. The van der Waals surface area contributed by atoms with Crippen molar-refractivity contribution in [3.63, 3.8) is 0 Å². The van der Waals surface area contributed by atoms with Gasteiger partial charge < -0.3 is 14.8 Å². The molecule has 2 amide bonds. The quantitative estimate of drug-likeness (QED) is 0.661. The first-order chi connectivity index (χ1) is 9.15. The fourth-order valence-corrected chi connectivity index (χ4v) is 2.51. The van der Waals surface area contributed by atoms with Gasteiger partial charge in [-0.2, -0.15) is 0 Å². The predicted molar refractivity (Wildman–Crippen MR) is 67.1 cm³/mol. The highest BCUT2D eigenvalue weighted by molar-refractivity contribution is 5.88. The molecule has 2 aliphatic rings. The molecule has 3 heterocycles. The molecule has 7 heteroatoms. The van der Waals surface area contributed by atoms with Crippen molar-refractivity contribution in [2.24, 2.45) is 0 Å². The topological polar surface area (TPSA) is 81.3 Å². The number of carbonyl (C=O) groups is 2. The molecular formula is C12H17N5O2. The van der Waals surface area contributed by atoms with Gasteiger partial charge in [0.1, 0.15) is 0 Å². The zero-order valence-electron chi connectivity index (χ0n) is 10.8. The lowest BCUT2D eigenvalue weighted by Gasteiger charge is -2.35. The molecule has 19 heavy (non-hydrogen) atoms. The first-order valence-electron chi connectivity index (χ1n) is 6.42. The number of likely N-dealkylation sites (N-methyl/N-ethyl adjacent to an activating group) is 1. The molecule has 102 valence electrons. The van der Waals surface area contributed by atoms with Gasteiger partial charge in [-0.05, 0) is 0 Å². The Morgan fingerprint density at radius 3 is 3.11 bits per heavy atom. The molecule has 1 fully saturated rings. The van der Waals surface area contributed by atoms with Crippen molar-refractivity contribution < 1.29 is 9.59 Å². The van der Waals surface area contributed by atoms with Crippen LogP contribution in [0.25, 0.3) is 0 Å². The first kappa shape index (κ1) is 12.2. The fourth-order valence-electron chi connectivity index (χ4n) is 2.51. The van der Waals surface area contributed by atoms with Crippen LogP contribution in [0.15, 0.2) is 6.33 Å². The molecule has 2 aliphatic heterocycles. The van der Waals surface area contributed by atoms with E-state index in [-0.39, 0.29) is 24.4 Å². The number of imidazole rings is 1.